The highest BCUT2D eigenvalue weighted by Gasteiger charge is 2.21. The van der Waals surface area contributed by atoms with E-state index in [-0.39, 0.29) is 5.91 Å². The molecule has 0 aromatic heterocycles. The number of carbonyl (C=O) groups excluding carboxylic acids is 2. The zero-order valence-electron chi connectivity index (χ0n) is 14.7. The number of hydrogen-bond acceptors (Lipinski definition) is 4. The second-order valence-corrected chi connectivity index (χ2v) is 7.07. The van der Waals surface area contributed by atoms with Crippen molar-refractivity contribution in [2.45, 2.75) is 32.3 Å². The molecule has 1 amide bonds. The fourth-order valence-electron chi connectivity index (χ4n) is 2.96. The van der Waals surface area contributed by atoms with Gasteiger partial charge in [0, 0.05) is 10.2 Å². The van der Waals surface area contributed by atoms with E-state index in [1.807, 2.05) is 18.2 Å². The molecule has 2 aromatic rings. The molecule has 6 heteroatoms. The number of aryl methyl sites for hydroxylation is 2. The number of carbonyl (C=O) groups is 2. The van der Waals surface area contributed by atoms with Crippen molar-refractivity contribution < 1.29 is 19.1 Å². The Kier molecular flexibility index (Phi) is 5.61. The van der Waals surface area contributed by atoms with Crippen molar-refractivity contribution in [3.8, 4) is 5.75 Å². The molecule has 0 bridgehead atoms. The number of benzene rings is 2. The number of nitrogens with one attached hydrogen (secondary N) is 1. The Morgan fingerprint density at radius 2 is 1.88 bits per heavy atom. The average molecular weight is 418 g/mol. The van der Waals surface area contributed by atoms with E-state index in [4.69, 9.17) is 9.47 Å². The highest BCUT2D eigenvalue weighted by molar-refractivity contribution is 9.10. The standard InChI is InChI=1S/C20H20BrNO4/c1-12(26-20(24)17-11-16(25-2)8-9-18(17)21)19(23)22-15-7-6-13-4-3-5-14(13)10-15/h6-12H,3-5H2,1-2H3,(H,22,23)/t12-/m1/s1. The number of ether oxygens (including phenoxy) is 2. The summed E-state index contributed by atoms with van der Waals surface area (Å²) in [7, 11) is 1.52. The summed E-state index contributed by atoms with van der Waals surface area (Å²) in [6.45, 7) is 1.55. The van der Waals surface area contributed by atoms with Crippen molar-refractivity contribution in [2.24, 2.45) is 0 Å². The summed E-state index contributed by atoms with van der Waals surface area (Å²) < 4.78 is 11.0. The van der Waals surface area contributed by atoms with Crippen molar-refractivity contribution >= 4 is 33.5 Å². The van der Waals surface area contributed by atoms with Crippen molar-refractivity contribution in [1.29, 1.82) is 0 Å². The fraction of sp³-hybridized carbons (Fsp3) is 0.300. The molecule has 0 saturated carbocycles. The molecule has 1 atom stereocenters. The van der Waals surface area contributed by atoms with Gasteiger partial charge in [-0.25, -0.2) is 4.79 Å². The van der Waals surface area contributed by atoms with Gasteiger partial charge in [-0.2, -0.15) is 0 Å². The first-order valence-electron chi connectivity index (χ1n) is 8.45. The van der Waals surface area contributed by atoms with Crippen LogP contribution >= 0.6 is 15.9 Å². The summed E-state index contributed by atoms with van der Waals surface area (Å²) >= 11 is 3.31. The lowest BCUT2D eigenvalue weighted by Gasteiger charge is -2.15. The Labute approximate surface area is 160 Å². The van der Waals surface area contributed by atoms with Crippen LogP contribution in [-0.4, -0.2) is 25.1 Å². The highest BCUT2D eigenvalue weighted by atomic mass is 79.9. The van der Waals surface area contributed by atoms with E-state index in [0.29, 0.717) is 15.8 Å². The Balaban J connectivity index is 1.64. The summed E-state index contributed by atoms with van der Waals surface area (Å²) in [6, 6.07) is 10.9. The van der Waals surface area contributed by atoms with Gasteiger partial charge in [0.2, 0.25) is 0 Å². The van der Waals surface area contributed by atoms with Crippen molar-refractivity contribution in [2.75, 3.05) is 12.4 Å². The number of halogens is 1. The van der Waals surface area contributed by atoms with E-state index in [2.05, 4.69) is 21.2 Å². The van der Waals surface area contributed by atoms with Gasteiger partial charge in [0.25, 0.3) is 5.91 Å². The topological polar surface area (TPSA) is 64.6 Å². The summed E-state index contributed by atoms with van der Waals surface area (Å²) in [5.41, 5.74) is 3.64. The van der Waals surface area contributed by atoms with Gasteiger partial charge in [-0.05, 0) is 83.6 Å². The predicted molar refractivity (Wildman–Crippen MR) is 103 cm³/mol. The minimum absolute atomic E-state index is 0.307. The number of anilines is 1. The molecule has 2 aromatic carbocycles. The van der Waals surface area contributed by atoms with Crippen LogP contribution in [0.15, 0.2) is 40.9 Å². The summed E-state index contributed by atoms with van der Waals surface area (Å²) in [4.78, 5) is 24.7. The Morgan fingerprint density at radius 1 is 1.12 bits per heavy atom. The summed E-state index contributed by atoms with van der Waals surface area (Å²) in [6.07, 6.45) is 2.35. The van der Waals surface area contributed by atoms with Gasteiger partial charge in [0.15, 0.2) is 6.10 Å². The maximum Gasteiger partial charge on any atom is 0.340 e. The van der Waals surface area contributed by atoms with Gasteiger partial charge >= 0.3 is 5.97 Å². The van der Waals surface area contributed by atoms with Crippen LogP contribution in [0.3, 0.4) is 0 Å². The molecule has 0 heterocycles. The average Bonchev–Trinajstić information content (AvgIpc) is 3.09. The van der Waals surface area contributed by atoms with Crippen LogP contribution in [0.5, 0.6) is 5.75 Å². The van der Waals surface area contributed by atoms with Gasteiger partial charge in [0.05, 0.1) is 12.7 Å². The largest absolute Gasteiger partial charge is 0.497 e. The van der Waals surface area contributed by atoms with E-state index < -0.39 is 12.1 Å². The number of esters is 1. The molecule has 0 fully saturated rings. The molecule has 136 valence electrons. The monoisotopic (exact) mass is 417 g/mol. The molecular weight excluding hydrogens is 398 g/mol. The van der Waals surface area contributed by atoms with Crippen LogP contribution in [0, 0.1) is 0 Å². The second-order valence-electron chi connectivity index (χ2n) is 6.22. The molecule has 0 saturated heterocycles. The fourth-order valence-corrected chi connectivity index (χ4v) is 3.37. The third-order valence-electron chi connectivity index (χ3n) is 4.41. The SMILES string of the molecule is COc1ccc(Br)c(C(=O)O[C@H](C)C(=O)Nc2ccc3c(c2)CCC3)c1. The van der Waals surface area contributed by atoms with E-state index in [1.165, 1.54) is 18.2 Å². The van der Waals surface area contributed by atoms with E-state index in [9.17, 15) is 9.59 Å². The minimum atomic E-state index is -0.922. The maximum atomic E-state index is 12.4. The molecule has 1 N–H and O–H groups in total. The molecular formula is C20H20BrNO4. The zero-order valence-corrected chi connectivity index (χ0v) is 16.3. The van der Waals surface area contributed by atoms with Crippen LogP contribution < -0.4 is 10.1 Å². The van der Waals surface area contributed by atoms with Crippen LogP contribution in [0.25, 0.3) is 0 Å². The number of methoxy groups -OCH3 is 1. The van der Waals surface area contributed by atoms with E-state index >= 15 is 0 Å². The Morgan fingerprint density at radius 3 is 2.65 bits per heavy atom. The highest BCUT2D eigenvalue weighted by Crippen LogP contribution is 2.26. The molecule has 5 nitrogen and oxygen atoms in total. The minimum Gasteiger partial charge on any atom is -0.497 e. The van der Waals surface area contributed by atoms with Crippen molar-refractivity contribution in [3.63, 3.8) is 0 Å². The quantitative estimate of drug-likeness (QED) is 0.742. The van der Waals surface area contributed by atoms with Crippen LogP contribution in [0.1, 0.15) is 34.8 Å². The summed E-state index contributed by atoms with van der Waals surface area (Å²) in [5, 5.41) is 2.81. The van der Waals surface area contributed by atoms with E-state index in [1.54, 1.807) is 25.1 Å². The Bertz CT molecular complexity index is 850. The first-order chi connectivity index (χ1) is 12.5. The van der Waals surface area contributed by atoms with Gasteiger partial charge in [-0.1, -0.05) is 6.07 Å². The lowest BCUT2D eigenvalue weighted by atomic mass is 10.1. The molecule has 0 radical (unpaired) electrons. The van der Waals surface area contributed by atoms with Crippen molar-refractivity contribution in [3.05, 3.63) is 57.6 Å². The molecule has 3 rings (SSSR count). The Hall–Kier alpha value is -2.34. The first-order valence-corrected chi connectivity index (χ1v) is 9.24. The second kappa shape index (κ2) is 7.91. The molecule has 26 heavy (non-hydrogen) atoms. The first kappa shape index (κ1) is 18.5. The van der Waals surface area contributed by atoms with E-state index in [0.717, 1.165) is 24.9 Å². The maximum absolute atomic E-state index is 12.4. The van der Waals surface area contributed by atoms with Crippen LogP contribution in [0.4, 0.5) is 5.69 Å². The number of hydrogen-bond donors (Lipinski definition) is 1. The number of rotatable bonds is 5. The van der Waals surface area contributed by atoms with Gasteiger partial charge < -0.3 is 14.8 Å². The lowest BCUT2D eigenvalue weighted by molar-refractivity contribution is -0.123. The van der Waals surface area contributed by atoms with Gasteiger partial charge in [0.1, 0.15) is 5.75 Å². The zero-order chi connectivity index (χ0) is 18.7. The van der Waals surface area contributed by atoms with Gasteiger partial charge in [-0.3, -0.25) is 4.79 Å². The summed E-state index contributed by atoms with van der Waals surface area (Å²) in [5.74, 6) is -0.418. The van der Waals surface area contributed by atoms with Crippen LogP contribution in [0.2, 0.25) is 0 Å². The van der Waals surface area contributed by atoms with Crippen molar-refractivity contribution in [1.82, 2.24) is 0 Å². The lowest BCUT2D eigenvalue weighted by Crippen LogP contribution is -2.30. The molecule has 0 unspecified atom stereocenters. The predicted octanol–water partition coefficient (Wildman–Crippen LogP) is 4.13. The molecule has 1 aliphatic rings. The number of fused-ring (bicyclic) bond motifs is 1. The smallest absolute Gasteiger partial charge is 0.340 e. The number of amides is 1. The molecule has 0 spiro atoms. The van der Waals surface area contributed by atoms with Gasteiger partial charge in [-0.15, -0.1) is 0 Å². The van der Waals surface area contributed by atoms with Crippen LogP contribution in [-0.2, 0) is 22.4 Å². The third-order valence-corrected chi connectivity index (χ3v) is 5.10. The molecule has 0 aliphatic heterocycles. The normalized spacial score (nSPS) is 13.7. The molecule has 1 aliphatic carbocycles. The third kappa shape index (κ3) is 4.07.